The number of furan rings is 1. The minimum Gasteiger partial charge on any atom is -0.450 e. The van der Waals surface area contributed by atoms with Crippen LogP contribution in [0.1, 0.15) is 44.9 Å². The van der Waals surface area contributed by atoms with Crippen molar-refractivity contribution in [3.05, 3.63) is 53.0 Å². The van der Waals surface area contributed by atoms with Gasteiger partial charge < -0.3 is 14.6 Å². The summed E-state index contributed by atoms with van der Waals surface area (Å²) in [4.78, 5) is 27.0. The van der Waals surface area contributed by atoms with Gasteiger partial charge >= 0.3 is 0 Å². The van der Waals surface area contributed by atoms with Gasteiger partial charge in [0.25, 0.3) is 11.8 Å². The molecule has 0 aliphatic carbocycles. The van der Waals surface area contributed by atoms with Gasteiger partial charge in [-0.05, 0) is 38.2 Å². The molecular weight excluding hydrogens is 368 g/mol. The predicted octanol–water partition coefficient (Wildman–Crippen LogP) is 3.07. The second kappa shape index (κ2) is 7.73. The Labute approximate surface area is 169 Å². The minimum absolute atomic E-state index is 0.0454. The molecule has 29 heavy (non-hydrogen) atoms. The quantitative estimate of drug-likeness (QED) is 0.737. The Morgan fingerprint density at radius 2 is 2.00 bits per heavy atom. The minimum atomic E-state index is -0.107. The summed E-state index contributed by atoms with van der Waals surface area (Å²) >= 11 is 0. The standard InChI is InChI=1S/C22H26N4O3/c1-14-5-4-6-18-15(2)20(29-19(14)18)22(28)26-9-7-16(8-10-26)11-23-21(27)17-12-24-25(3)13-17/h4-6,12-13,16H,7-11H2,1-3H3,(H,23,27). The van der Waals surface area contributed by atoms with E-state index in [-0.39, 0.29) is 11.8 Å². The monoisotopic (exact) mass is 394 g/mol. The topological polar surface area (TPSA) is 80.4 Å². The lowest BCUT2D eigenvalue weighted by atomic mass is 9.96. The van der Waals surface area contributed by atoms with Crippen molar-refractivity contribution in [2.24, 2.45) is 13.0 Å². The fourth-order valence-corrected chi connectivity index (χ4v) is 3.95. The zero-order chi connectivity index (χ0) is 20.5. The Bertz CT molecular complexity index is 1060. The molecule has 3 heterocycles. The van der Waals surface area contributed by atoms with Crippen molar-refractivity contribution in [2.75, 3.05) is 19.6 Å². The van der Waals surface area contributed by atoms with E-state index in [4.69, 9.17) is 4.42 Å². The molecule has 7 heteroatoms. The molecule has 1 N–H and O–H groups in total. The number of aryl methyl sites for hydroxylation is 3. The van der Waals surface area contributed by atoms with Gasteiger partial charge in [-0.15, -0.1) is 0 Å². The maximum atomic E-state index is 13.0. The zero-order valence-electron chi connectivity index (χ0n) is 17.1. The molecule has 2 aromatic heterocycles. The van der Waals surface area contributed by atoms with Gasteiger partial charge in [0.2, 0.25) is 0 Å². The molecule has 0 unspecified atom stereocenters. The van der Waals surface area contributed by atoms with Crippen LogP contribution in [0.4, 0.5) is 0 Å². The molecule has 1 aromatic carbocycles. The number of benzene rings is 1. The molecule has 3 aromatic rings. The van der Waals surface area contributed by atoms with Crippen molar-refractivity contribution in [1.82, 2.24) is 20.0 Å². The summed E-state index contributed by atoms with van der Waals surface area (Å²) in [6.07, 6.45) is 4.98. The molecule has 0 atom stereocenters. The van der Waals surface area contributed by atoms with E-state index >= 15 is 0 Å². The lowest BCUT2D eigenvalue weighted by molar-refractivity contribution is 0.0654. The van der Waals surface area contributed by atoms with Gasteiger partial charge in [-0.3, -0.25) is 14.3 Å². The number of para-hydroxylation sites is 1. The first-order valence-corrected chi connectivity index (χ1v) is 9.99. The average Bonchev–Trinajstić information content (AvgIpc) is 3.31. The first kappa shape index (κ1) is 19.2. The second-order valence-electron chi connectivity index (χ2n) is 7.86. The summed E-state index contributed by atoms with van der Waals surface area (Å²) in [7, 11) is 1.79. The number of rotatable bonds is 4. The van der Waals surface area contributed by atoms with E-state index in [2.05, 4.69) is 10.4 Å². The van der Waals surface area contributed by atoms with Gasteiger partial charge in [-0.2, -0.15) is 5.10 Å². The average molecular weight is 394 g/mol. The van der Waals surface area contributed by atoms with Crippen molar-refractivity contribution >= 4 is 22.8 Å². The highest BCUT2D eigenvalue weighted by Crippen LogP contribution is 2.29. The third kappa shape index (κ3) is 3.77. The van der Waals surface area contributed by atoms with Crippen molar-refractivity contribution in [1.29, 1.82) is 0 Å². The molecule has 1 aliphatic rings. The van der Waals surface area contributed by atoms with Crippen LogP contribution in [-0.4, -0.2) is 46.1 Å². The van der Waals surface area contributed by atoms with Crippen LogP contribution in [0, 0.1) is 19.8 Å². The first-order valence-electron chi connectivity index (χ1n) is 9.99. The van der Waals surface area contributed by atoms with E-state index in [0.29, 0.717) is 36.9 Å². The van der Waals surface area contributed by atoms with E-state index in [0.717, 1.165) is 34.9 Å². The number of likely N-dealkylation sites (tertiary alicyclic amines) is 1. The van der Waals surface area contributed by atoms with E-state index in [1.807, 2.05) is 36.9 Å². The zero-order valence-corrected chi connectivity index (χ0v) is 17.1. The number of nitrogens with one attached hydrogen (secondary N) is 1. The number of aromatic nitrogens is 2. The largest absolute Gasteiger partial charge is 0.450 e. The fourth-order valence-electron chi connectivity index (χ4n) is 3.95. The Morgan fingerprint density at radius 3 is 2.66 bits per heavy atom. The molecule has 2 amide bonds. The normalized spacial score (nSPS) is 15.1. The molecular formula is C22H26N4O3. The first-order chi connectivity index (χ1) is 13.9. The summed E-state index contributed by atoms with van der Waals surface area (Å²) in [5.41, 5.74) is 3.30. The maximum absolute atomic E-state index is 13.0. The van der Waals surface area contributed by atoms with Crippen molar-refractivity contribution < 1.29 is 14.0 Å². The molecule has 0 bridgehead atoms. The van der Waals surface area contributed by atoms with E-state index in [1.54, 1.807) is 24.1 Å². The van der Waals surface area contributed by atoms with Crippen LogP contribution in [0.15, 0.2) is 35.0 Å². The molecule has 1 saturated heterocycles. The lowest BCUT2D eigenvalue weighted by Gasteiger charge is -2.31. The summed E-state index contributed by atoms with van der Waals surface area (Å²) < 4.78 is 7.56. The van der Waals surface area contributed by atoms with Crippen LogP contribution in [-0.2, 0) is 7.05 Å². The third-order valence-corrected chi connectivity index (χ3v) is 5.77. The number of carbonyl (C=O) groups is 2. The lowest BCUT2D eigenvalue weighted by Crippen LogP contribution is -2.41. The number of amides is 2. The molecule has 1 aliphatic heterocycles. The van der Waals surface area contributed by atoms with Crippen LogP contribution in [0.3, 0.4) is 0 Å². The number of piperidine rings is 1. The molecule has 152 valence electrons. The third-order valence-electron chi connectivity index (χ3n) is 5.77. The number of nitrogens with zero attached hydrogens (tertiary/aromatic N) is 3. The summed E-state index contributed by atoms with van der Waals surface area (Å²) in [5.74, 6) is 0.650. The maximum Gasteiger partial charge on any atom is 0.289 e. The smallest absolute Gasteiger partial charge is 0.289 e. The van der Waals surface area contributed by atoms with Gasteiger partial charge in [0, 0.05) is 43.8 Å². The van der Waals surface area contributed by atoms with Gasteiger partial charge in [0.15, 0.2) is 5.76 Å². The number of fused-ring (bicyclic) bond motifs is 1. The molecule has 7 nitrogen and oxygen atoms in total. The van der Waals surface area contributed by atoms with E-state index < -0.39 is 0 Å². The summed E-state index contributed by atoms with van der Waals surface area (Å²) in [5, 5.41) is 8.00. The number of carbonyl (C=O) groups excluding carboxylic acids is 2. The van der Waals surface area contributed by atoms with E-state index in [9.17, 15) is 9.59 Å². The van der Waals surface area contributed by atoms with Crippen LogP contribution in [0.25, 0.3) is 11.0 Å². The van der Waals surface area contributed by atoms with Crippen LogP contribution in [0.2, 0.25) is 0 Å². The highest BCUT2D eigenvalue weighted by Gasteiger charge is 2.28. The molecule has 0 saturated carbocycles. The molecule has 0 spiro atoms. The SMILES string of the molecule is Cc1c(C(=O)N2CCC(CNC(=O)c3cnn(C)c3)CC2)oc2c(C)cccc12. The molecule has 1 fully saturated rings. The van der Waals surface area contributed by atoms with Crippen LogP contribution in [0.5, 0.6) is 0 Å². The number of hydrogen-bond acceptors (Lipinski definition) is 4. The Hall–Kier alpha value is -3.09. The van der Waals surface area contributed by atoms with Crippen molar-refractivity contribution in [3.63, 3.8) is 0 Å². The predicted molar refractivity (Wildman–Crippen MR) is 110 cm³/mol. The highest BCUT2D eigenvalue weighted by molar-refractivity contribution is 5.99. The molecule has 4 rings (SSSR count). The van der Waals surface area contributed by atoms with Crippen LogP contribution >= 0.6 is 0 Å². The highest BCUT2D eigenvalue weighted by atomic mass is 16.3. The Balaban J connectivity index is 1.35. The van der Waals surface area contributed by atoms with Gasteiger partial charge in [-0.25, -0.2) is 0 Å². The summed E-state index contributed by atoms with van der Waals surface area (Å²) in [6, 6.07) is 5.97. The Morgan fingerprint density at radius 1 is 1.24 bits per heavy atom. The van der Waals surface area contributed by atoms with E-state index in [1.165, 1.54) is 0 Å². The van der Waals surface area contributed by atoms with Crippen molar-refractivity contribution in [3.8, 4) is 0 Å². The second-order valence-corrected chi connectivity index (χ2v) is 7.86. The fraction of sp³-hybridized carbons (Fsp3) is 0.409. The van der Waals surface area contributed by atoms with Crippen molar-refractivity contribution in [2.45, 2.75) is 26.7 Å². The molecule has 0 radical (unpaired) electrons. The van der Waals surface area contributed by atoms with Gasteiger partial charge in [0.1, 0.15) is 5.58 Å². The van der Waals surface area contributed by atoms with Crippen LogP contribution < -0.4 is 5.32 Å². The number of hydrogen-bond donors (Lipinski definition) is 1. The Kier molecular flexibility index (Phi) is 5.13. The van der Waals surface area contributed by atoms with Gasteiger partial charge in [0.05, 0.1) is 11.8 Å². The van der Waals surface area contributed by atoms with Gasteiger partial charge in [-0.1, -0.05) is 18.2 Å². The summed E-state index contributed by atoms with van der Waals surface area (Å²) in [6.45, 7) is 5.88.